The van der Waals surface area contributed by atoms with Crippen LogP contribution in [0.4, 0.5) is 27.9 Å². The van der Waals surface area contributed by atoms with E-state index in [0.717, 1.165) is 16.5 Å². The second-order valence-electron chi connectivity index (χ2n) is 7.17. The second-order valence-corrected chi connectivity index (χ2v) is 7.17. The van der Waals surface area contributed by atoms with Gasteiger partial charge in [0, 0.05) is 41.4 Å². The van der Waals surface area contributed by atoms with Crippen molar-refractivity contribution in [2.24, 2.45) is 5.10 Å². The molecule has 4 aromatic rings. The number of halogens is 1. The summed E-state index contributed by atoms with van der Waals surface area (Å²) in [5.74, 6) is 0.826. The number of fused-ring (bicyclic) bond motifs is 1. The van der Waals surface area contributed by atoms with E-state index in [1.165, 1.54) is 12.1 Å². The number of hydrogen-bond donors (Lipinski definition) is 3. The minimum absolute atomic E-state index is 0.294. The fraction of sp³-hybridized carbons (Fsp3) is 0.182. The van der Waals surface area contributed by atoms with Gasteiger partial charge >= 0.3 is 0 Å². The summed E-state index contributed by atoms with van der Waals surface area (Å²) >= 11 is 0. The number of H-pyrrole nitrogens is 1. The molecule has 0 saturated carbocycles. The van der Waals surface area contributed by atoms with Crippen molar-refractivity contribution in [2.45, 2.75) is 0 Å². The standard InChI is InChI=1S/C22H21FN8O/c23-16-5-7-17(8-6-16)26-20-27-21(29-22(28-20)31-9-11-32-12-10-31)30-25-14-15-13-24-19-4-2-1-3-18(15)19/h1-8,13-14,24H,9-12H2,(H2,26,27,28,29,30)/b25-14+. The molecule has 0 radical (unpaired) electrons. The fourth-order valence-corrected chi connectivity index (χ4v) is 3.40. The maximum atomic E-state index is 13.2. The van der Waals surface area contributed by atoms with E-state index in [1.54, 1.807) is 18.3 Å². The molecule has 9 nitrogen and oxygen atoms in total. The molecule has 32 heavy (non-hydrogen) atoms. The summed E-state index contributed by atoms with van der Waals surface area (Å²) < 4.78 is 18.7. The minimum atomic E-state index is -0.311. The van der Waals surface area contributed by atoms with Crippen molar-refractivity contribution in [1.29, 1.82) is 0 Å². The Bertz CT molecular complexity index is 1230. The normalized spacial score (nSPS) is 14.2. The molecule has 2 aromatic carbocycles. The van der Waals surface area contributed by atoms with Gasteiger partial charge in [0.1, 0.15) is 5.82 Å². The molecule has 2 aromatic heterocycles. The Balaban J connectivity index is 1.40. The summed E-state index contributed by atoms with van der Waals surface area (Å²) in [4.78, 5) is 18.7. The molecule has 5 rings (SSSR count). The smallest absolute Gasteiger partial charge is 0.250 e. The summed E-state index contributed by atoms with van der Waals surface area (Å²) in [6, 6.07) is 14.0. The number of morpholine rings is 1. The number of aromatic nitrogens is 4. The number of hydrogen-bond acceptors (Lipinski definition) is 8. The predicted molar refractivity (Wildman–Crippen MR) is 122 cm³/mol. The number of nitrogens with one attached hydrogen (secondary N) is 3. The molecule has 1 fully saturated rings. The van der Waals surface area contributed by atoms with Gasteiger partial charge in [-0.15, -0.1) is 0 Å². The fourth-order valence-electron chi connectivity index (χ4n) is 3.40. The lowest BCUT2D eigenvalue weighted by Gasteiger charge is -2.27. The predicted octanol–water partition coefficient (Wildman–Crippen LogP) is 3.52. The Labute approximate surface area is 183 Å². The van der Waals surface area contributed by atoms with Crippen molar-refractivity contribution in [3.8, 4) is 0 Å². The van der Waals surface area contributed by atoms with Crippen molar-refractivity contribution in [2.75, 3.05) is 41.9 Å². The topological polar surface area (TPSA) is 103 Å². The Morgan fingerprint density at radius 1 is 1.00 bits per heavy atom. The first-order chi connectivity index (χ1) is 15.7. The summed E-state index contributed by atoms with van der Waals surface area (Å²) in [5, 5.41) is 8.48. The molecule has 0 spiro atoms. The highest BCUT2D eigenvalue weighted by Crippen LogP contribution is 2.19. The van der Waals surface area contributed by atoms with Crippen LogP contribution < -0.4 is 15.6 Å². The van der Waals surface area contributed by atoms with Crippen LogP contribution in [-0.2, 0) is 4.74 Å². The number of anilines is 4. The van der Waals surface area contributed by atoms with Crippen LogP contribution >= 0.6 is 0 Å². The average Bonchev–Trinajstić information content (AvgIpc) is 3.24. The van der Waals surface area contributed by atoms with Gasteiger partial charge in [0.25, 0.3) is 0 Å². The number of benzene rings is 2. The number of nitrogens with zero attached hydrogens (tertiary/aromatic N) is 5. The number of para-hydroxylation sites is 1. The van der Waals surface area contributed by atoms with Crippen molar-refractivity contribution in [3.63, 3.8) is 0 Å². The lowest BCUT2D eigenvalue weighted by molar-refractivity contribution is 0.122. The zero-order valence-corrected chi connectivity index (χ0v) is 17.1. The third kappa shape index (κ3) is 4.49. The van der Waals surface area contributed by atoms with E-state index >= 15 is 0 Å². The first-order valence-electron chi connectivity index (χ1n) is 10.2. The molecule has 162 valence electrons. The van der Waals surface area contributed by atoms with Crippen LogP contribution in [0, 0.1) is 5.82 Å². The summed E-state index contributed by atoms with van der Waals surface area (Å²) in [5.41, 5.74) is 5.54. The first-order valence-corrected chi connectivity index (χ1v) is 10.2. The number of rotatable bonds is 6. The quantitative estimate of drug-likeness (QED) is 0.316. The van der Waals surface area contributed by atoms with Gasteiger partial charge < -0.3 is 19.9 Å². The average molecular weight is 432 g/mol. The highest BCUT2D eigenvalue weighted by molar-refractivity contribution is 5.99. The van der Waals surface area contributed by atoms with E-state index in [2.05, 4.69) is 35.8 Å². The van der Waals surface area contributed by atoms with Crippen LogP contribution in [0.2, 0.25) is 0 Å². The molecule has 0 unspecified atom stereocenters. The summed E-state index contributed by atoms with van der Waals surface area (Å²) in [6.45, 7) is 2.57. The molecule has 1 aliphatic heterocycles. The van der Waals surface area contributed by atoms with Gasteiger partial charge in [0.05, 0.1) is 19.4 Å². The molecule has 1 aliphatic rings. The molecule has 0 bridgehead atoms. The van der Waals surface area contributed by atoms with Crippen molar-refractivity contribution in [3.05, 3.63) is 66.1 Å². The molecule has 0 atom stereocenters. The Morgan fingerprint density at radius 3 is 2.62 bits per heavy atom. The van der Waals surface area contributed by atoms with E-state index < -0.39 is 0 Å². The minimum Gasteiger partial charge on any atom is -0.378 e. The number of aromatic amines is 1. The van der Waals surface area contributed by atoms with Crippen LogP contribution in [0.1, 0.15) is 5.56 Å². The van der Waals surface area contributed by atoms with E-state index in [9.17, 15) is 4.39 Å². The molecular weight excluding hydrogens is 411 g/mol. The monoisotopic (exact) mass is 432 g/mol. The van der Waals surface area contributed by atoms with Crippen molar-refractivity contribution < 1.29 is 9.13 Å². The van der Waals surface area contributed by atoms with Crippen LogP contribution in [0.25, 0.3) is 10.9 Å². The van der Waals surface area contributed by atoms with Gasteiger partial charge in [-0.05, 0) is 30.3 Å². The van der Waals surface area contributed by atoms with Crippen molar-refractivity contribution in [1.82, 2.24) is 19.9 Å². The number of hydrazone groups is 1. The van der Waals surface area contributed by atoms with Gasteiger partial charge in [0.15, 0.2) is 0 Å². The maximum Gasteiger partial charge on any atom is 0.250 e. The highest BCUT2D eigenvalue weighted by atomic mass is 19.1. The molecular formula is C22H21FN8O. The lowest BCUT2D eigenvalue weighted by Crippen LogP contribution is -2.37. The van der Waals surface area contributed by atoms with Gasteiger partial charge in [-0.1, -0.05) is 18.2 Å². The highest BCUT2D eigenvalue weighted by Gasteiger charge is 2.16. The SMILES string of the molecule is Fc1ccc(Nc2nc(N/N=C/c3c[nH]c4ccccc34)nc(N3CCOCC3)n2)cc1. The van der Waals surface area contributed by atoms with Crippen molar-refractivity contribution >= 4 is 40.6 Å². The molecule has 0 amide bonds. The van der Waals surface area contributed by atoms with Gasteiger partial charge in [-0.2, -0.15) is 20.1 Å². The number of ether oxygens (including phenoxy) is 1. The molecule has 0 aliphatic carbocycles. The first kappa shape index (κ1) is 19.9. The molecule has 1 saturated heterocycles. The van der Waals surface area contributed by atoms with Crippen LogP contribution in [0.15, 0.2) is 59.8 Å². The maximum absolute atomic E-state index is 13.2. The van der Waals surface area contributed by atoms with E-state index in [4.69, 9.17) is 4.74 Å². The lowest BCUT2D eigenvalue weighted by atomic mass is 10.2. The largest absolute Gasteiger partial charge is 0.378 e. The molecule has 3 heterocycles. The second kappa shape index (κ2) is 8.98. The molecule has 3 N–H and O–H groups in total. The van der Waals surface area contributed by atoms with Crippen LogP contribution in [-0.4, -0.2) is 52.5 Å². The van der Waals surface area contributed by atoms with Gasteiger partial charge in [-0.3, -0.25) is 0 Å². The zero-order chi connectivity index (χ0) is 21.8. The van der Waals surface area contributed by atoms with Crippen LogP contribution in [0.5, 0.6) is 0 Å². The van der Waals surface area contributed by atoms with Gasteiger partial charge in [0.2, 0.25) is 17.8 Å². The van der Waals surface area contributed by atoms with Crippen LogP contribution in [0.3, 0.4) is 0 Å². The van der Waals surface area contributed by atoms with Gasteiger partial charge in [-0.25, -0.2) is 9.82 Å². The third-order valence-corrected chi connectivity index (χ3v) is 5.01. The Kier molecular flexibility index (Phi) is 5.58. The van der Waals surface area contributed by atoms with E-state index in [-0.39, 0.29) is 5.82 Å². The van der Waals surface area contributed by atoms with E-state index in [0.29, 0.717) is 49.8 Å². The Hall–Kier alpha value is -4.05. The molecule has 10 heteroatoms. The summed E-state index contributed by atoms with van der Waals surface area (Å²) in [6.07, 6.45) is 3.61. The van der Waals surface area contributed by atoms with E-state index in [1.807, 2.05) is 35.4 Å². The Morgan fingerprint density at radius 2 is 1.78 bits per heavy atom. The zero-order valence-electron chi connectivity index (χ0n) is 17.1. The third-order valence-electron chi connectivity index (χ3n) is 5.01. The summed E-state index contributed by atoms with van der Waals surface area (Å²) in [7, 11) is 0.